The Hall–Kier alpha value is -1.44. The largest absolute Gasteiger partial charge is 0.296 e. The Morgan fingerprint density at radius 2 is 1.89 bits per heavy atom. The highest BCUT2D eigenvalue weighted by Gasteiger charge is 2.31. The van der Waals surface area contributed by atoms with Crippen molar-refractivity contribution in [2.45, 2.75) is 41.0 Å². The van der Waals surface area contributed by atoms with Crippen molar-refractivity contribution in [1.29, 1.82) is 0 Å². The molecule has 1 rings (SSSR count). The highest BCUT2D eigenvalue weighted by Crippen LogP contribution is 2.40. The van der Waals surface area contributed by atoms with Crippen molar-refractivity contribution >= 4 is 12.0 Å². The highest BCUT2D eigenvalue weighted by molar-refractivity contribution is 6.03. The first-order valence-electron chi connectivity index (χ1n) is 6.82. The maximum atomic E-state index is 12.0. The van der Waals surface area contributed by atoms with Gasteiger partial charge < -0.3 is 0 Å². The van der Waals surface area contributed by atoms with Crippen LogP contribution >= 0.6 is 0 Å². The molecule has 2 atom stereocenters. The predicted octanol–water partition coefficient (Wildman–Crippen LogP) is 4.14. The average Bonchev–Trinajstić information content (AvgIpc) is 2.31. The van der Waals surface area contributed by atoms with Crippen LogP contribution in [0.15, 0.2) is 39.4 Å². The fourth-order valence-corrected chi connectivity index (χ4v) is 2.84. The van der Waals surface area contributed by atoms with E-state index in [-0.39, 0.29) is 11.7 Å². The molecule has 0 aromatic carbocycles. The average molecular weight is 259 g/mol. The number of carbonyl (C=O) groups is 1. The predicted molar refractivity (Wildman–Crippen MR) is 82.6 cm³/mol. The number of rotatable bonds is 4. The first kappa shape index (κ1) is 15.6. The molecule has 0 N–H and O–H groups in total. The van der Waals surface area contributed by atoms with Crippen LogP contribution in [0.3, 0.4) is 0 Å². The van der Waals surface area contributed by atoms with Gasteiger partial charge in [-0.25, -0.2) is 0 Å². The van der Waals surface area contributed by atoms with Crippen LogP contribution in [0.25, 0.3) is 0 Å². The lowest BCUT2D eigenvalue weighted by atomic mass is 9.71. The Balaban J connectivity index is 3.52. The van der Waals surface area contributed by atoms with Gasteiger partial charge in [-0.15, -0.1) is 0 Å². The Morgan fingerprint density at radius 3 is 2.32 bits per heavy atom. The van der Waals surface area contributed by atoms with E-state index in [1.165, 1.54) is 11.1 Å². The molecule has 0 radical (unpaired) electrons. The van der Waals surface area contributed by atoms with Crippen LogP contribution in [0, 0.1) is 11.8 Å². The molecule has 0 fully saturated rings. The first-order chi connectivity index (χ1) is 8.81. The molecule has 0 aliphatic heterocycles. The van der Waals surface area contributed by atoms with Crippen molar-refractivity contribution in [3.8, 4) is 0 Å². The van der Waals surface area contributed by atoms with Crippen molar-refractivity contribution in [2.24, 2.45) is 16.8 Å². The van der Waals surface area contributed by atoms with Crippen molar-refractivity contribution in [2.75, 3.05) is 7.05 Å². The third-order valence-corrected chi connectivity index (χ3v) is 4.10. The van der Waals surface area contributed by atoms with E-state index < -0.39 is 0 Å². The summed E-state index contributed by atoms with van der Waals surface area (Å²) >= 11 is 0. The third-order valence-electron chi connectivity index (χ3n) is 4.10. The molecule has 0 aromatic rings. The molecule has 0 spiro atoms. The molecule has 19 heavy (non-hydrogen) atoms. The summed E-state index contributed by atoms with van der Waals surface area (Å²) in [6.45, 7) is 14.2. The summed E-state index contributed by atoms with van der Waals surface area (Å²) in [4.78, 5) is 16.2. The van der Waals surface area contributed by atoms with Crippen LogP contribution in [0.1, 0.15) is 41.0 Å². The van der Waals surface area contributed by atoms with E-state index in [0.717, 1.165) is 23.1 Å². The Bertz CT molecular complexity index is 491. The summed E-state index contributed by atoms with van der Waals surface area (Å²) in [5.74, 6) is 0.794. The number of Topliss-reactive ketones (excluding diaryl/α,β-unsaturated/α-hetero) is 1. The lowest BCUT2D eigenvalue weighted by Gasteiger charge is -2.32. The van der Waals surface area contributed by atoms with Crippen LogP contribution in [-0.4, -0.2) is 19.0 Å². The molecule has 2 heteroatoms. The summed E-state index contributed by atoms with van der Waals surface area (Å²) in [6.07, 6.45) is 2.65. The fraction of sp³-hybridized carbons (Fsp3) is 0.529. The van der Waals surface area contributed by atoms with Gasteiger partial charge in [-0.05, 0) is 44.6 Å². The van der Waals surface area contributed by atoms with Crippen LogP contribution in [0.2, 0.25) is 0 Å². The van der Waals surface area contributed by atoms with Crippen molar-refractivity contribution in [3.63, 3.8) is 0 Å². The van der Waals surface area contributed by atoms with Gasteiger partial charge in [0.15, 0.2) is 5.78 Å². The zero-order valence-electron chi connectivity index (χ0n) is 13.0. The molecule has 0 saturated carbocycles. The van der Waals surface area contributed by atoms with Crippen LogP contribution in [0.4, 0.5) is 0 Å². The number of ketones is 1. The number of aliphatic imine (C=N–C) groups is 1. The molecule has 0 amide bonds. The molecule has 2 nitrogen and oxygen atoms in total. The summed E-state index contributed by atoms with van der Waals surface area (Å²) in [5.41, 5.74) is 5.63. The maximum absolute atomic E-state index is 12.0. The Morgan fingerprint density at radius 1 is 1.32 bits per heavy atom. The Labute approximate surface area is 117 Å². The molecule has 1 aliphatic carbocycles. The summed E-state index contributed by atoms with van der Waals surface area (Å²) < 4.78 is 0. The number of hydrogen-bond donors (Lipinski definition) is 0. The van der Waals surface area contributed by atoms with Gasteiger partial charge in [-0.2, -0.15) is 0 Å². The summed E-state index contributed by atoms with van der Waals surface area (Å²) in [7, 11) is 1.75. The van der Waals surface area contributed by atoms with Gasteiger partial charge in [0.1, 0.15) is 0 Å². The molecule has 0 saturated heterocycles. The molecule has 0 bridgehead atoms. The highest BCUT2D eigenvalue weighted by atomic mass is 16.1. The standard InChI is InChI=1S/C17H25NO/c1-10(2)8-15-12(4)11(3)13(5)17(14(6)19)16(15)9-18-7/h9,11,13H,1,8H2,2-7H3. The van der Waals surface area contributed by atoms with Gasteiger partial charge in [0.25, 0.3) is 0 Å². The first-order valence-corrected chi connectivity index (χ1v) is 6.82. The second kappa shape index (κ2) is 6.14. The lowest BCUT2D eigenvalue weighted by Crippen LogP contribution is -2.25. The normalized spacial score (nSPS) is 24.3. The number of allylic oxidation sites excluding steroid dienone is 5. The number of carbonyl (C=O) groups excluding carboxylic acids is 1. The van der Waals surface area contributed by atoms with Crippen LogP contribution in [-0.2, 0) is 4.79 Å². The van der Waals surface area contributed by atoms with E-state index in [1.54, 1.807) is 14.0 Å². The van der Waals surface area contributed by atoms with E-state index in [4.69, 9.17) is 0 Å². The van der Waals surface area contributed by atoms with Gasteiger partial charge in [-0.1, -0.05) is 31.6 Å². The Kier molecular flexibility index (Phi) is 5.04. The zero-order chi connectivity index (χ0) is 14.7. The minimum atomic E-state index is 0.154. The zero-order valence-corrected chi connectivity index (χ0v) is 13.0. The van der Waals surface area contributed by atoms with E-state index in [0.29, 0.717) is 5.92 Å². The SMILES string of the molecule is C=C(C)CC1=C(C)C(C)C(C)C(C(C)=O)=C1C=NC. The van der Waals surface area contributed by atoms with E-state index >= 15 is 0 Å². The summed E-state index contributed by atoms with van der Waals surface area (Å²) in [6, 6.07) is 0. The van der Waals surface area contributed by atoms with Gasteiger partial charge in [0.2, 0.25) is 0 Å². The quantitative estimate of drug-likeness (QED) is 0.551. The van der Waals surface area contributed by atoms with Gasteiger partial charge >= 0.3 is 0 Å². The maximum Gasteiger partial charge on any atom is 0.156 e. The lowest BCUT2D eigenvalue weighted by molar-refractivity contribution is -0.114. The van der Waals surface area contributed by atoms with Gasteiger partial charge in [0, 0.05) is 24.4 Å². The van der Waals surface area contributed by atoms with Crippen LogP contribution < -0.4 is 0 Å². The molecule has 0 heterocycles. The molecule has 104 valence electrons. The third kappa shape index (κ3) is 3.12. The molecule has 2 unspecified atom stereocenters. The second-order valence-electron chi connectivity index (χ2n) is 5.64. The molecule has 0 aromatic heterocycles. The van der Waals surface area contributed by atoms with Crippen molar-refractivity contribution < 1.29 is 4.79 Å². The minimum absolute atomic E-state index is 0.154. The second-order valence-corrected chi connectivity index (χ2v) is 5.64. The number of hydrogen-bond acceptors (Lipinski definition) is 2. The minimum Gasteiger partial charge on any atom is -0.296 e. The summed E-state index contributed by atoms with van der Waals surface area (Å²) in [5, 5.41) is 0. The number of nitrogens with zero attached hydrogens (tertiary/aromatic N) is 1. The van der Waals surface area contributed by atoms with Gasteiger partial charge in [0.05, 0.1) is 0 Å². The molecular formula is C17H25NO. The fourth-order valence-electron chi connectivity index (χ4n) is 2.84. The van der Waals surface area contributed by atoms with E-state index in [2.05, 4.69) is 32.3 Å². The molecular weight excluding hydrogens is 234 g/mol. The van der Waals surface area contributed by atoms with Crippen molar-refractivity contribution in [1.82, 2.24) is 0 Å². The van der Waals surface area contributed by atoms with Gasteiger partial charge in [-0.3, -0.25) is 9.79 Å². The monoisotopic (exact) mass is 259 g/mol. The topological polar surface area (TPSA) is 29.4 Å². The van der Waals surface area contributed by atoms with Crippen LogP contribution in [0.5, 0.6) is 0 Å². The van der Waals surface area contributed by atoms with E-state index in [9.17, 15) is 4.79 Å². The van der Waals surface area contributed by atoms with Crippen molar-refractivity contribution in [3.05, 3.63) is 34.4 Å². The molecule has 1 aliphatic rings. The van der Waals surface area contributed by atoms with E-state index in [1.807, 2.05) is 13.1 Å². The smallest absolute Gasteiger partial charge is 0.156 e.